The van der Waals surface area contributed by atoms with E-state index >= 15 is 0 Å². The van der Waals surface area contributed by atoms with Crippen LogP contribution in [-0.2, 0) is 4.79 Å². The molecule has 0 aromatic carbocycles. The van der Waals surface area contributed by atoms with Gasteiger partial charge >= 0.3 is 0 Å². The van der Waals surface area contributed by atoms with Crippen LogP contribution in [0.4, 0.5) is 5.88 Å². The molecule has 1 atom stereocenters. The van der Waals surface area contributed by atoms with Gasteiger partial charge in [0, 0.05) is 5.56 Å². The summed E-state index contributed by atoms with van der Waals surface area (Å²) < 4.78 is 4.96. The molecule has 0 radical (unpaired) electrons. The Kier molecular flexibility index (Phi) is 3.47. The highest BCUT2D eigenvalue weighted by Gasteiger charge is 2.20. The number of hydrogen-bond acceptors (Lipinski definition) is 4. The van der Waals surface area contributed by atoms with E-state index in [1.165, 1.54) is 0 Å². The molecule has 1 heterocycles. The highest BCUT2D eigenvalue weighted by molar-refractivity contribution is 5.94. The molecule has 84 valence electrons. The predicted octanol–water partition coefficient (Wildman–Crippen LogP) is 1.21. The number of anilines is 1. The third-order valence-corrected chi connectivity index (χ3v) is 2.41. The fourth-order valence-corrected chi connectivity index (χ4v) is 1.03. The maximum absolute atomic E-state index is 11.6. The molecule has 1 amide bonds. The lowest BCUT2D eigenvalue weighted by Gasteiger charge is -2.13. The van der Waals surface area contributed by atoms with Gasteiger partial charge in [-0.25, -0.2) is 0 Å². The molecule has 1 aromatic rings. The largest absolute Gasteiger partial charge is 0.338 e. The summed E-state index contributed by atoms with van der Waals surface area (Å²) in [4.78, 5) is 11.6. The maximum Gasteiger partial charge on any atom is 0.243 e. The normalized spacial score (nSPS) is 12.9. The summed E-state index contributed by atoms with van der Waals surface area (Å²) in [5.41, 5.74) is 7.29. The lowest BCUT2D eigenvalue weighted by atomic mass is 10.1. The van der Waals surface area contributed by atoms with Crippen LogP contribution in [0.2, 0.25) is 0 Å². The third-order valence-electron chi connectivity index (χ3n) is 2.41. The lowest BCUT2D eigenvalue weighted by molar-refractivity contribution is -0.118. The molecule has 0 fully saturated rings. The smallest absolute Gasteiger partial charge is 0.243 e. The van der Waals surface area contributed by atoms with E-state index < -0.39 is 6.04 Å². The molecule has 0 aliphatic rings. The molecule has 0 saturated carbocycles. The van der Waals surface area contributed by atoms with E-state index in [9.17, 15) is 4.79 Å². The van der Waals surface area contributed by atoms with Crippen LogP contribution in [-0.4, -0.2) is 17.1 Å². The first kappa shape index (κ1) is 11.7. The summed E-state index contributed by atoms with van der Waals surface area (Å²) in [5, 5.41) is 6.36. The summed E-state index contributed by atoms with van der Waals surface area (Å²) in [6.07, 6.45) is 0. The van der Waals surface area contributed by atoms with Crippen LogP contribution in [0.1, 0.15) is 25.1 Å². The Morgan fingerprint density at radius 1 is 1.47 bits per heavy atom. The van der Waals surface area contributed by atoms with E-state index in [0.717, 1.165) is 11.3 Å². The highest BCUT2D eigenvalue weighted by Crippen LogP contribution is 2.17. The minimum Gasteiger partial charge on any atom is -0.338 e. The standard InChI is InChI=1S/C10H17N3O2/c1-5(2)8(11)9(14)12-10-6(3)7(4)13-15-10/h5,8H,11H2,1-4H3,(H,12,14)/t8-/m1/s1. The number of aryl methyl sites for hydroxylation is 1. The van der Waals surface area contributed by atoms with E-state index in [1.807, 2.05) is 27.7 Å². The van der Waals surface area contributed by atoms with Crippen molar-refractivity contribution in [2.24, 2.45) is 11.7 Å². The SMILES string of the molecule is Cc1noc(NC(=O)[C@H](N)C(C)C)c1C. The van der Waals surface area contributed by atoms with Crippen LogP contribution in [0, 0.1) is 19.8 Å². The molecular formula is C10H17N3O2. The van der Waals surface area contributed by atoms with Crippen LogP contribution in [0.15, 0.2) is 4.52 Å². The Hall–Kier alpha value is -1.36. The number of amides is 1. The van der Waals surface area contributed by atoms with Gasteiger partial charge in [0.05, 0.1) is 11.7 Å². The summed E-state index contributed by atoms with van der Waals surface area (Å²) in [6.45, 7) is 7.44. The Morgan fingerprint density at radius 2 is 2.07 bits per heavy atom. The van der Waals surface area contributed by atoms with Gasteiger partial charge in [-0.15, -0.1) is 0 Å². The van der Waals surface area contributed by atoms with Gasteiger partial charge in [0.25, 0.3) is 0 Å². The van der Waals surface area contributed by atoms with Crippen molar-refractivity contribution in [3.8, 4) is 0 Å². The van der Waals surface area contributed by atoms with Crippen molar-refractivity contribution in [2.45, 2.75) is 33.7 Å². The van der Waals surface area contributed by atoms with Crippen LogP contribution >= 0.6 is 0 Å². The van der Waals surface area contributed by atoms with E-state index in [2.05, 4.69) is 10.5 Å². The molecule has 0 unspecified atom stereocenters. The van der Waals surface area contributed by atoms with Gasteiger partial charge in [0.15, 0.2) is 0 Å². The van der Waals surface area contributed by atoms with E-state index in [4.69, 9.17) is 10.3 Å². The zero-order valence-corrected chi connectivity index (χ0v) is 9.50. The zero-order valence-electron chi connectivity index (χ0n) is 9.50. The second kappa shape index (κ2) is 4.44. The molecule has 1 aromatic heterocycles. The van der Waals surface area contributed by atoms with Crippen LogP contribution in [0.25, 0.3) is 0 Å². The Balaban J connectivity index is 2.71. The number of rotatable bonds is 3. The van der Waals surface area contributed by atoms with E-state index in [-0.39, 0.29) is 11.8 Å². The predicted molar refractivity (Wildman–Crippen MR) is 57.4 cm³/mol. The van der Waals surface area contributed by atoms with Crippen LogP contribution in [0.3, 0.4) is 0 Å². The topological polar surface area (TPSA) is 81.2 Å². The summed E-state index contributed by atoms with van der Waals surface area (Å²) in [5.74, 6) is 0.229. The van der Waals surface area contributed by atoms with Gasteiger partial charge in [-0.2, -0.15) is 0 Å². The molecule has 0 bridgehead atoms. The van der Waals surface area contributed by atoms with Gasteiger partial charge in [-0.1, -0.05) is 19.0 Å². The molecule has 3 N–H and O–H groups in total. The summed E-state index contributed by atoms with van der Waals surface area (Å²) in [7, 11) is 0. The third kappa shape index (κ3) is 2.56. The molecule has 15 heavy (non-hydrogen) atoms. The van der Waals surface area contributed by atoms with Crippen molar-refractivity contribution < 1.29 is 9.32 Å². The fraction of sp³-hybridized carbons (Fsp3) is 0.600. The quantitative estimate of drug-likeness (QED) is 0.787. The molecule has 0 aliphatic carbocycles. The molecule has 0 aliphatic heterocycles. The number of carbonyl (C=O) groups excluding carboxylic acids is 1. The number of hydrogen-bond donors (Lipinski definition) is 2. The highest BCUT2D eigenvalue weighted by atomic mass is 16.5. The monoisotopic (exact) mass is 211 g/mol. The number of carbonyl (C=O) groups is 1. The molecule has 5 nitrogen and oxygen atoms in total. The average Bonchev–Trinajstić information content (AvgIpc) is 2.48. The number of aromatic nitrogens is 1. The number of nitrogens with one attached hydrogen (secondary N) is 1. The molecule has 0 spiro atoms. The Labute approximate surface area is 89.0 Å². The van der Waals surface area contributed by atoms with Crippen LogP contribution in [0.5, 0.6) is 0 Å². The molecule has 0 saturated heterocycles. The summed E-state index contributed by atoms with van der Waals surface area (Å²) >= 11 is 0. The van der Waals surface area contributed by atoms with Crippen molar-refractivity contribution >= 4 is 11.8 Å². The van der Waals surface area contributed by atoms with Gasteiger partial charge < -0.3 is 10.3 Å². The van der Waals surface area contributed by atoms with Crippen molar-refractivity contribution in [2.75, 3.05) is 5.32 Å². The maximum atomic E-state index is 11.6. The number of nitrogens with two attached hydrogens (primary N) is 1. The average molecular weight is 211 g/mol. The van der Waals surface area contributed by atoms with Gasteiger partial charge in [0.2, 0.25) is 11.8 Å². The minimum atomic E-state index is -0.533. The van der Waals surface area contributed by atoms with Crippen LogP contribution < -0.4 is 11.1 Å². The first-order chi connectivity index (χ1) is 6.93. The van der Waals surface area contributed by atoms with E-state index in [0.29, 0.717) is 5.88 Å². The molecule has 5 heteroatoms. The first-order valence-electron chi connectivity index (χ1n) is 4.92. The molecule has 1 rings (SSSR count). The summed E-state index contributed by atoms with van der Waals surface area (Å²) in [6, 6.07) is -0.533. The van der Waals surface area contributed by atoms with Crippen molar-refractivity contribution in [1.29, 1.82) is 0 Å². The Bertz CT molecular complexity index is 358. The van der Waals surface area contributed by atoms with Crippen molar-refractivity contribution in [1.82, 2.24) is 5.16 Å². The van der Waals surface area contributed by atoms with Gasteiger partial charge in [-0.3, -0.25) is 10.1 Å². The zero-order chi connectivity index (χ0) is 11.6. The van der Waals surface area contributed by atoms with Gasteiger partial charge in [0.1, 0.15) is 0 Å². The lowest BCUT2D eigenvalue weighted by Crippen LogP contribution is -2.39. The second-order valence-electron chi connectivity index (χ2n) is 3.98. The fourth-order valence-electron chi connectivity index (χ4n) is 1.03. The molecular weight excluding hydrogens is 194 g/mol. The van der Waals surface area contributed by atoms with E-state index in [1.54, 1.807) is 0 Å². The van der Waals surface area contributed by atoms with Crippen molar-refractivity contribution in [3.05, 3.63) is 11.3 Å². The second-order valence-corrected chi connectivity index (χ2v) is 3.98. The first-order valence-corrected chi connectivity index (χ1v) is 4.92. The number of nitrogens with zero attached hydrogens (tertiary/aromatic N) is 1. The van der Waals surface area contributed by atoms with Gasteiger partial charge in [-0.05, 0) is 19.8 Å². The Morgan fingerprint density at radius 3 is 2.47 bits per heavy atom. The van der Waals surface area contributed by atoms with Crippen molar-refractivity contribution in [3.63, 3.8) is 0 Å². The minimum absolute atomic E-state index is 0.0920.